The summed E-state index contributed by atoms with van der Waals surface area (Å²) in [6, 6.07) is 13.8. The zero-order valence-corrected chi connectivity index (χ0v) is 17.2. The van der Waals surface area contributed by atoms with Gasteiger partial charge in [-0.3, -0.25) is 19.4 Å². The van der Waals surface area contributed by atoms with E-state index in [4.69, 9.17) is 22.4 Å². The van der Waals surface area contributed by atoms with Crippen LogP contribution in [0.1, 0.15) is 36.6 Å². The van der Waals surface area contributed by atoms with E-state index in [2.05, 4.69) is 10.3 Å². The number of anilines is 1. The van der Waals surface area contributed by atoms with Gasteiger partial charge in [0.05, 0.1) is 16.8 Å². The molecule has 0 saturated heterocycles. The second kappa shape index (κ2) is 9.67. The van der Waals surface area contributed by atoms with Gasteiger partial charge in [-0.25, -0.2) is 4.79 Å². The molecule has 0 aliphatic carbocycles. The summed E-state index contributed by atoms with van der Waals surface area (Å²) in [5.41, 5.74) is 6.47. The molecule has 0 bridgehead atoms. The van der Waals surface area contributed by atoms with Crippen molar-refractivity contribution in [2.45, 2.75) is 0 Å². The number of pyridine rings is 1. The number of aromatic carboxylic acids is 1. The van der Waals surface area contributed by atoms with Crippen molar-refractivity contribution in [1.29, 1.82) is 0 Å². The molecule has 4 rings (SSSR count). The first-order valence-electron chi connectivity index (χ1n) is 9.16. The van der Waals surface area contributed by atoms with Crippen molar-refractivity contribution in [3.8, 4) is 0 Å². The standard InChI is InChI=1S/C17H10ClNO4.C6H6N2O/c18-11-4-1-9(2-5-11)7-13-15(20)12-8-10(17(22)23)3-6-14(12)19-16(13)21;7-6(9)5-1-3-8-4-2-5/h1-8H,(H,19,21)(H,22,23);1-4H,(H2,7,9)/b13-7-;. The first kappa shape index (κ1) is 22.4. The quantitative estimate of drug-likeness (QED) is 0.413. The van der Waals surface area contributed by atoms with E-state index >= 15 is 0 Å². The van der Waals surface area contributed by atoms with Crippen LogP contribution in [0, 0.1) is 0 Å². The summed E-state index contributed by atoms with van der Waals surface area (Å²) in [7, 11) is 0. The molecule has 2 heterocycles. The van der Waals surface area contributed by atoms with E-state index in [9.17, 15) is 19.2 Å². The minimum absolute atomic E-state index is 0.0147. The van der Waals surface area contributed by atoms with Crippen LogP contribution in [0.15, 0.2) is 72.6 Å². The van der Waals surface area contributed by atoms with E-state index in [-0.39, 0.29) is 16.7 Å². The number of amides is 2. The van der Waals surface area contributed by atoms with Gasteiger partial charge in [0.1, 0.15) is 0 Å². The summed E-state index contributed by atoms with van der Waals surface area (Å²) in [6.07, 6.45) is 4.50. The lowest BCUT2D eigenvalue weighted by atomic mass is 9.94. The molecule has 0 spiro atoms. The lowest BCUT2D eigenvalue weighted by Gasteiger charge is -2.18. The third-order valence-electron chi connectivity index (χ3n) is 4.39. The van der Waals surface area contributed by atoms with E-state index < -0.39 is 23.6 Å². The number of aromatic nitrogens is 1. The Kier molecular flexibility index (Phi) is 6.77. The Morgan fingerprint density at radius 2 is 1.62 bits per heavy atom. The number of hydrogen-bond acceptors (Lipinski definition) is 5. The summed E-state index contributed by atoms with van der Waals surface area (Å²) in [4.78, 5) is 49.8. The SMILES string of the molecule is NC(=O)c1ccncc1.O=C1Nc2ccc(C(=O)O)cc2C(=O)/C1=C/c1ccc(Cl)cc1. The molecule has 1 aliphatic heterocycles. The first-order valence-corrected chi connectivity index (χ1v) is 9.54. The number of carboxylic acid groups (broad SMARTS) is 1. The molecule has 0 radical (unpaired) electrons. The minimum Gasteiger partial charge on any atom is -0.478 e. The van der Waals surface area contributed by atoms with Crippen LogP contribution in [0.3, 0.4) is 0 Å². The second-order valence-electron chi connectivity index (χ2n) is 6.56. The molecule has 0 unspecified atom stereocenters. The van der Waals surface area contributed by atoms with Crippen molar-refractivity contribution < 1.29 is 24.3 Å². The number of halogens is 1. The molecule has 1 aliphatic rings. The highest BCUT2D eigenvalue weighted by molar-refractivity contribution is 6.36. The Balaban J connectivity index is 0.000000269. The van der Waals surface area contributed by atoms with Gasteiger partial charge >= 0.3 is 5.97 Å². The maximum absolute atomic E-state index is 12.5. The Morgan fingerprint density at radius 3 is 2.19 bits per heavy atom. The monoisotopic (exact) mass is 449 g/mol. The number of hydrogen-bond donors (Lipinski definition) is 3. The second-order valence-corrected chi connectivity index (χ2v) is 6.99. The van der Waals surface area contributed by atoms with Crippen LogP contribution in [-0.2, 0) is 4.79 Å². The molecule has 3 aromatic rings. The molecule has 2 aromatic carbocycles. The normalized spacial score (nSPS) is 13.5. The van der Waals surface area contributed by atoms with Crippen molar-refractivity contribution in [3.63, 3.8) is 0 Å². The summed E-state index contributed by atoms with van der Waals surface area (Å²) >= 11 is 5.80. The predicted octanol–water partition coefficient (Wildman–Crippen LogP) is 3.44. The van der Waals surface area contributed by atoms with Crippen LogP contribution in [0.5, 0.6) is 0 Å². The molecule has 160 valence electrons. The smallest absolute Gasteiger partial charge is 0.335 e. The fourth-order valence-electron chi connectivity index (χ4n) is 2.78. The highest BCUT2D eigenvalue weighted by Gasteiger charge is 2.29. The van der Waals surface area contributed by atoms with E-state index in [0.717, 1.165) is 0 Å². The molecule has 2 amide bonds. The van der Waals surface area contributed by atoms with Gasteiger partial charge < -0.3 is 16.2 Å². The number of nitrogens with two attached hydrogens (primary N) is 1. The number of nitrogens with zero attached hydrogens (tertiary/aromatic N) is 1. The molecule has 1 aromatic heterocycles. The number of carboxylic acids is 1. The number of benzene rings is 2. The number of carbonyl (C=O) groups is 4. The fourth-order valence-corrected chi connectivity index (χ4v) is 2.91. The molecular weight excluding hydrogens is 434 g/mol. The summed E-state index contributed by atoms with van der Waals surface area (Å²) < 4.78 is 0. The van der Waals surface area contributed by atoms with Gasteiger partial charge in [0.25, 0.3) is 5.91 Å². The molecule has 32 heavy (non-hydrogen) atoms. The molecule has 0 saturated carbocycles. The molecule has 0 fully saturated rings. The van der Waals surface area contributed by atoms with Crippen molar-refractivity contribution in [2.24, 2.45) is 5.73 Å². The number of carbonyl (C=O) groups excluding carboxylic acids is 3. The van der Waals surface area contributed by atoms with Gasteiger partial charge in [-0.05, 0) is 54.1 Å². The topological polar surface area (TPSA) is 139 Å². The average molecular weight is 450 g/mol. The van der Waals surface area contributed by atoms with Crippen LogP contribution < -0.4 is 11.1 Å². The lowest BCUT2D eigenvalue weighted by Crippen LogP contribution is -2.27. The first-order chi connectivity index (χ1) is 15.3. The van der Waals surface area contributed by atoms with Crippen LogP contribution >= 0.6 is 11.6 Å². The van der Waals surface area contributed by atoms with Crippen LogP contribution in [0.2, 0.25) is 5.02 Å². The average Bonchev–Trinajstić information content (AvgIpc) is 2.78. The third kappa shape index (κ3) is 5.24. The van der Waals surface area contributed by atoms with Gasteiger partial charge in [0, 0.05) is 28.5 Å². The zero-order valence-electron chi connectivity index (χ0n) is 16.4. The highest BCUT2D eigenvalue weighted by atomic mass is 35.5. The molecule has 0 atom stereocenters. The maximum atomic E-state index is 12.5. The number of Topliss-reactive ketones (excluding diaryl/α,β-unsaturated/α-hetero) is 1. The van der Waals surface area contributed by atoms with Crippen LogP contribution in [0.25, 0.3) is 6.08 Å². The Bertz CT molecular complexity index is 1240. The molecular formula is C23H16ClN3O5. The van der Waals surface area contributed by atoms with E-state index in [1.165, 1.54) is 36.7 Å². The van der Waals surface area contributed by atoms with Gasteiger partial charge in [0.15, 0.2) is 0 Å². The lowest BCUT2D eigenvalue weighted by molar-refractivity contribution is -0.112. The maximum Gasteiger partial charge on any atom is 0.335 e. The Hall–Kier alpha value is -4.30. The van der Waals surface area contributed by atoms with E-state index in [0.29, 0.717) is 21.8 Å². The van der Waals surface area contributed by atoms with Crippen molar-refractivity contribution >= 4 is 46.9 Å². The predicted molar refractivity (Wildman–Crippen MR) is 119 cm³/mol. The van der Waals surface area contributed by atoms with Gasteiger partial charge in [0.2, 0.25) is 11.7 Å². The number of primary amides is 1. The fraction of sp³-hybridized carbons (Fsp3) is 0. The van der Waals surface area contributed by atoms with Crippen LogP contribution in [-0.4, -0.2) is 33.7 Å². The molecule has 9 heteroatoms. The van der Waals surface area contributed by atoms with Gasteiger partial charge in [-0.1, -0.05) is 23.7 Å². The van der Waals surface area contributed by atoms with Crippen molar-refractivity contribution in [2.75, 3.05) is 5.32 Å². The Labute approximate surface area is 187 Å². The molecule has 8 nitrogen and oxygen atoms in total. The summed E-state index contributed by atoms with van der Waals surface area (Å²) in [5, 5.41) is 12.2. The molecule has 4 N–H and O–H groups in total. The van der Waals surface area contributed by atoms with Gasteiger partial charge in [-0.15, -0.1) is 0 Å². The minimum atomic E-state index is -1.14. The largest absolute Gasteiger partial charge is 0.478 e. The highest BCUT2D eigenvalue weighted by Crippen LogP contribution is 2.27. The summed E-state index contributed by atoms with van der Waals surface area (Å²) in [6.45, 7) is 0. The number of ketones is 1. The number of fused-ring (bicyclic) bond motifs is 1. The van der Waals surface area contributed by atoms with Gasteiger partial charge in [-0.2, -0.15) is 0 Å². The van der Waals surface area contributed by atoms with Crippen molar-refractivity contribution in [3.05, 3.63) is 99.8 Å². The van der Waals surface area contributed by atoms with Crippen molar-refractivity contribution in [1.82, 2.24) is 4.98 Å². The third-order valence-corrected chi connectivity index (χ3v) is 4.65. The van der Waals surface area contributed by atoms with E-state index in [1.807, 2.05) is 0 Å². The van der Waals surface area contributed by atoms with E-state index in [1.54, 1.807) is 36.4 Å². The summed E-state index contributed by atoms with van der Waals surface area (Å²) in [5.74, 6) is -2.60. The number of nitrogens with one attached hydrogen (secondary N) is 1. The van der Waals surface area contributed by atoms with Crippen LogP contribution in [0.4, 0.5) is 5.69 Å². The Morgan fingerprint density at radius 1 is 0.969 bits per heavy atom. The zero-order chi connectivity index (χ0) is 23.3. The number of rotatable bonds is 3.